The van der Waals surface area contributed by atoms with E-state index in [0.29, 0.717) is 45.0 Å². The van der Waals surface area contributed by atoms with Crippen molar-refractivity contribution in [1.82, 2.24) is 89.1 Å². The first-order chi connectivity index (χ1) is 52.0. The van der Waals surface area contributed by atoms with Crippen LogP contribution in [0, 0.1) is 11.8 Å². The fraction of sp³-hybridized carbons (Fsp3) is 0.507. The van der Waals surface area contributed by atoms with Crippen LogP contribution in [0.15, 0.2) is 73.4 Å². The fourth-order valence-electron chi connectivity index (χ4n) is 11.2. The molecule has 0 spiro atoms. The number of carboxylic acid groups (broad SMARTS) is 2. The van der Waals surface area contributed by atoms with Gasteiger partial charge in [-0.25, -0.2) is 9.78 Å². The lowest BCUT2D eigenvalue weighted by molar-refractivity contribution is -0.145. The van der Waals surface area contributed by atoms with Crippen molar-refractivity contribution < 1.29 is 87.2 Å². The number of H-pyrrole nitrogens is 3. The number of aliphatic hydroxyl groups excluding tert-OH is 1. The number of rotatable bonds is 47. The summed E-state index contributed by atoms with van der Waals surface area (Å²) in [7, 11) is 0. The quantitative estimate of drug-likeness (QED) is 0.00982. The van der Waals surface area contributed by atoms with E-state index in [-0.39, 0.29) is 56.1 Å². The van der Waals surface area contributed by atoms with E-state index in [0.717, 1.165) is 6.92 Å². The summed E-state index contributed by atoms with van der Waals surface area (Å²) in [5.74, 6) is -17.5. The molecule has 2 aromatic carbocycles. The van der Waals surface area contributed by atoms with Gasteiger partial charge in [0.2, 0.25) is 76.8 Å². The third kappa shape index (κ3) is 28.1. The van der Waals surface area contributed by atoms with Crippen LogP contribution in [-0.4, -0.2) is 233 Å². The molecule has 0 unspecified atom stereocenters. The number of aromatic amines is 3. The zero-order chi connectivity index (χ0) is 81.6. The number of nitrogens with one attached hydrogen (secondary N) is 16. The zero-order valence-electron chi connectivity index (χ0n) is 61.5. The Morgan fingerprint density at radius 3 is 1.46 bits per heavy atom. The first kappa shape index (κ1) is 89.9. The van der Waals surface area contributed by atoms with Gasteiger partial charge in [0.05, 0.1) is 31.4 Å². The molecule has 0 aliphatic carbocycles. The molecule has 5 aromatic rings. The maximum Gasteiger partial charge on any atom is 0.328 e. The van der Waals surface area contributed by atoms with Crippen LogP contribution in [0.2, 0.25) is 0 Å². The van der Waals surface area contributed by atoms with Crippen LogP contribution < -0.4 is 92.1 Å². The number of imidazole rings is 1. The molecule has 13 amide bonds. The molecule has 0 aliphatic heterocycles. The molecule has 27 N–H and O–H groups in total. The maximum atomic E-state index is 14.8. The van der Waals surface area contributed by atoms with E-state index in [1.807, 2.05) is 6.92 Å². The highest BCUT2D eigenvalue weighted by molar-refractivity contribution is 7.80. The summed E-state index contributed by atoms with van der Waals surface area (Å²) in [5, 5.41) is 63.2. The van der Waals surface area contributed by atoms with E-state index in [2.05, 4.69) is 114 Å². The Kier molecular flexibility index (Phi) is 36.0. The number of amides is 13. The first-order valence-corrected chi connectivity index (χ1v) is 36.6. The summed E-state index contributed by atoms with van der Waals surface area (Å²) in [6, 6.07) is -4.62. The summed E-state index contributed by atoms with van der Waals surface area (Å²) in [6.07, 6.45) is 0.633. The van der Waals surface area contributed by atoms with Crippen molar-refractivity contribution >= 4 is 136 Å². The average Bonchev–Trinajstić information content (AvgIpc) is 1.63. The van der Waals surface area contributed by atoms with E-state index in [4.69, 9.17) is 22.9 Å². The van der Waals surface area contributed by atoms with Gasteiger partial charge in [0.1, 0.15) is 66.7 Å². The molecule has 3 heterocycles. The summed E-state index contributed by atoms with van der Waals surface area (Å²) in [4.78, 5) is 218. The summed E-state index contributed by atoms with van der Waals surface area (Å²) in [5.41, 5.74) is 25.4. The number of para-hydroxylation sites is 2. The van der Waals surface area contributed by atoms with Gasteiger partial charge >= 0.3 is 11.9 Å². The lowest BCUT2D eigenvalue weighted by atomic mass is 9.99. The van der Waals surface area contributed by atoms with Gasteiger partial charge in [-0.1, -0.05) is 70.5 Å². The number of thiol groups is 2. The molecule has 3 aromatic heterocycles. The molecule has 41 heteroatoms. The molecule has 14 atom stereocenters. The van der Waals surface area contributed by atoms with Gasteiger partial charge in [-0.3, -0.25) is 72.4 Å². The summed E-state index contributed by atoms with van der Waals surface area (Å²) >= 11 is 8.38. The minimum Gasteiger partial charge on any atom is -0.481 e. The number of carbonyl (C=O) groups is 15. The number of benzene rings is 2. The number of carbonyl (C=O) groups excluding carboxylic acids is 13. The van der Waals surface area contributed by atoms with Crippen molar-refractivity contribution in [1.29, 1.82) is 0 Å². The van der Waals surface area contributed by atoms with Gasteiger partial charge in [-0.15, -0.1) is 0 Å². The minimum atomic E-state index is -2.05. The molecule has 5 rings (SSSR count). The van der Waals surface area contributed by atoms with E-state index in [9.17, 15) is 87.2 Å². The molecule has 0 saturated carbocycles. The van der Waals surface area contributed by atoms with E-state index >= 15 is 0 Å². The second-order valence-corrected chi connectivity index (χ2v) is 27.4. The number of nitrogens with two attached hydrogens (primary N) is 4. The van der Waals surface area contributed by atoms with Crippen molar-refractivity contribution in [2.24, 2.45) is 34.8 Å². The van der Waals surface area contributed by atoms with Crippen molar-refractivity contribution in [3.63, 3.8) is 0 Å². The van der Waals surface area contributed by atoms with Crippen LogP contribution in [0.25, 0.3) is 21.8 Å². The Morgan fingerprint density at radius 1 is 0.518 bits per heavy atom. The van der Waals surface area contributed by atoms with E-state index < -0.39 is 205 Å². The van der Waals surface area contributed by atoms with Crippen LogP contribution in [0.5, 0.6) is 0 Å². The highest BCUT2D eigenvalue weighted by Crippen LogP contribution is 2.22. The topological polar surface area (TPSA) is 637 Å². The van der Waals surface area contributed by atoms with Gasteiger partial charge in [-0.2, -0.15) is 25.3 Å². The number of nitrogens with zero attached hydrogens (tertiary/aromatic N) is 1. The maximum absolute atomic E-state index is 14.8. The molecule has 0 bridgehead atoms. The van der Waals surface area contributed by atoms with Crippen LogP contribution in [0.4, 0.5) is 0 Å². The van der Waals surface area contributed by atoms with Gasteiger partial charge < -0.3 is 117 Å². The van der Waals surface area contributed by atoms with Crippen molar-refractivity contribution in [2.75, 3.05) is 24.6 Å². The van der Waals surface area contributed by atoms with Crippen molar-refractivity contribution in [3.8, 4) is 0 Å². The van der Waals surface area contributed by atoms with Crippen LogP contribution in [-0.2, 0) is 91.2 Å². The number of hydrogen-bond donors (Lipinski definition) is 25. The molecule has 0 saturated heterocycles. The van der Waals surface area contributed by atoms with Crippen LogP contribution in [0.3, 0.4) is 0 Å². The standard InChI is InChI=1S/C69H101N21O18S2/c1-7-33(4)54(71)66(105)88-50(30-110)64(103)89-55(32(2)3)67(106)86-46(22-37-26-77-42-16-11-9-14-40(37)42)61(100)82-44(18-19-51(70)92)60(99)85-48(24-53(94)95)63(102)84-45(21-36-25-76-41-15-10-8-13-39(36)41)58(97)78-28-52(93)80-34(5)57(96)83-47(23-38-27-74-31-79-38)62(101)81-43(17-12-20-75-69(72)73)59(98)87-49(29-109)65(104)90-56(35(6)91)68(107)108/h8-11,13-16,25-27,31-35,43-50,54-56,69,75-77,91,109-110H,7,12,17-24,28-30,71-73H2,1-6H3,(H2,70,92)(H,74,79)(H,78,97)(H,80,93)(H,81,101)(H,82,100)(H,83,96)(H,84,102)(H,85,99)(H,86,106)(H,87,98)(H,88,105)(H,89,103)(H,90,104)(H,94,95)(H,107,108)/t33-,34-,35+,43-,44-,45-,46-,47-,48-,49-,50-,54-,55-,56-/m0/s1. The number of aliphatic hydroxyl groups is 1. The number of aliphatic carboxylic acids is 2. The number of aromatic nitrogens is 4. The second-order valence-electron chi connectivity index (χ2n) is 26.7. The largest absolute Gasteiger partial charge is 0.481 e. The number of fused-ring (bicyclic) bond motifs is 2. The number of primary amides is 1. The summed E-state index contributed by atoms with van der Waals surface area (Å²) in [6.45, 7) is 8.41. The Hall–Kier alpha value is -10.7. The molecule has 0 fully saturated rings. The molecular formula is C69H101N21O18S2. The first-order valence-electron chi connectivity index (χ1n) is 35.4. The molecule has 602 valence electrons. The monoisotopic (exact) mass is 1580 g/mol. The predicted molar refractivity (Wildman–Crippen MR) is 406 cm³/mol. The lowest BCUT2D eigenvalue weighted by Gasteiger charge is -2.29. The number of carboxylic acids is 2. The Bertz CT molecular complexity index is 4020. The van der Waals surface area contributed by atoms with Gasteiger partial charge in [0.25, 0.3) is 0 Å². The van der Waals surface area contributed by atoms with E-state index in [1.165, 1.54) is 25.6 Å². The predicted octanol–water partition coefficient (Wildman–Crippen LogP) is -5.47. The smallest absolute Gasteiger partial charge is 0.328 e. The average molecular weight is 1580 g/mol. The van der Waals surface area contributed by atoms with Gasteiger partial charge in [-0.05, 0) is 74.8 Å². The summed E-state index contributed by atoms with van der Waals surface area (Å²) < 4.78 is 0. The van der Waals surface area contributed by atoms with Gasteiger partial charge in [0, 0.05) is 83.3 Å². The number of hydrogen-bond acceptors (Lipinski definition) is 23. The third-order valence-electron chi connectivity index (χ3n) is 17.8. The third-order valence-corrected chi connectivity index (χ3v) is 18.5. The molecular weight excluding hydrogens is 1480 g/mol. The Morgan fingerprint density at radius 2 is 0.973 bits per heavy atom. The SMILES string of the molecule is CC[C@H](C)[C@H](N)C(=O)N[C@@H](CS)C(=O)N[C@H](C(=O)N[C@@H](Cc1c[nH]c2ccccc12)C(=O)N[C@@H](CCC(N)=O)C(=O)N[C@@H](CC(=O)O)C(=O)N[C@@H](Cc1c[nH]c2ccccc12)C(=O)NCC(=O)N[C@@H](C)C(=O)N[C@@H](Cc1cnc[nH]1)C(=O)N[C@@H](CCCNC(N)N)C(=O)N[C@@H](CS)C(=O)N[C@H](C(=O)O)[C@@H](C)O)C(C)C. The minimum absolute atomic E-state index is 0.128. The van der Waals surface area contributed by atoms with E-state index in [1.54, 1.807) is 75.5 Å². The molecule has 0 aliphatic rings. The lowest BCUT2D eigenvalue weighted by Crippen LogP contribution is -2.61. The van der Waals surface area contributed by atoms with Crippen molar-refractivity contribution in [3.05, 3.63) is 90.3 Å². The zero-order valence-corrected chi connectivity index (χ0v) is 63.3. The fourth-order valence-corrected chi connectivity index (χ4v) is 11.8. The van der Waals surface area contributed by atoms with Gasteiger partial charge in [0.15, 0.2) is 6.04 Å². The molecule has 110 heavy (non-hydrogen) atoms. The van der Waals surface area contributed by atoms with Crippen LogP contribution >= 0.6 is 25.3 Å². The molecule has 0 radical (unpaired) electrons. The Balaban J connectivity index is 1.36. The Labute approximate surface area is 643 Å². The molecule has 39 nitrogen and oxygen atoms in total. The normalized spacial score (nSPS) is 15.2. The highest BCUT2D eigenvalue weighted by Gasteiger charge is 2.38. The second kappa shape index (κ2) is 44.1. The van der Waals surface area contributed by atoms with Crippen molar-refractivity contribution in [2.45, 2.75) is 184 Å². The van der Waals surface area contributed by atoms with Crippen LogP contribution in [0.1, 0.15) is 96.9 Å². The highest BCUT2D eigenvalue weighted by atomic mass is 32.1.